The Morgan fingerprint density at radius 3 is 2.83 bits per heavy atom. The Kier molecular flexibility index (Phi) is 3.66. The predicted octanol–water partition coefficient (Wildman–Crippen LogP) is 2.77. The summed E-state index contributed by atoms with van der Waals surface area (Å²) < 4.78 is 0. The average Bonchev–Trinajstić information content (AvgIpc) is 2.36. The Hall–Kier alpha value is 0.0500. The third-order valence-electron chi connectivity index (χ3n) is 2.15. The first-order chi connectivity index (χ1) is 5.58. The van der Waals surface area contributed by atoms with Crippen molar-refractivity contribution in [1.29, 1.82) is 0 Å². The van der Waals surface area contributed by atoms with Crippen molar-refractivity contribution in [2.45, 2.75) is 38.6 Å². The van der Waals surface area contributed by atoms with E-state index in [0.29, 0.717) is 0 Å². The molecule has 1 aliphatic rings. The summed E-state index contributed by atoms with van der Waals surface area (Å²) in [5.41, 5.74) is 5.92. The zero-order valence-corrected chi connectivity index (χ0v) is 8.86. The van der Waals surface area contributed by atoms with Crippen LogP contribution in [-0.4, -0.2) is 11.3 Å². The van der Waals surface area contributed by atoms with Crippen LogP contribution >= 0.6 is 11.8 Å². The Balaban J connectivity index is 2.06. The highest BCUT2D eigenvalue weighted by Crippen LogP contribution is 2.25. The maximum absolute atomic E-state index is 5.90. The molecule has 1 rings (SSSR count). The van der Waals surface area contributed by atoms with Crippen LogP contribution in [0.15, 0.2) is 11.5 Å². The van der Waals surface area contributed by atoms with Gasteiger partial charge in [-0.3, -0.25) is 0 Å². The molecule has 2 N–H and O–H groups in total. The monoisotopic (exact) mass is 185 g/mol. The SMILES string of the molecule is CC(C)(N)CCCC1C=CSC1. The molecule has 12 heavy (non-hydrogen) atoms. The molecule has 1 atom stereocenters. The smallest absolute Gasteiger partial charge is 0.00970 e. The van der Waals surface area contributed by atoms with Crippen molar-refractivity contribution in [2.24, 2.45) is 11.7 Å². The molecule has 1 heterocycles. The van der Waals surface area contributed by atoms with Crippen LogP contribution in [0.1, 0.15) is 33.1 Å². The molecule has 0 spiro atoms. The van der Waals surface area contributed by atoms with Crippen molar-refractivity contribution in [2.75, 3.05) is 5.75 Å². The summed E-state index contributed by atoms with van der Waals surface area (Å²) >= 11 is 1.93. The summed E-state index contributed by atoms with van der Waals surface area (Å²) in [6.45, 7) is 4.21. The second kappa shape index (κ2) is 4.33. The van der Waals surface area contributed by atoms with Crippen LogP contribution in [0.2, 0.25) is 0 Å². The molecule has 0 aromatic rings. The van der Waals surface area contributed by atoms with Crippen molar-refractivity contribution in [3.8, 4) is 0 Å². The number of nitrogens with two attached hydrogens (primary N) is 1. The highest BCUT2D eigenvalue weighted by atomic mass is 32.2. The van der Waals surface area contributed by atoms with Crippen molar-refractivity contribution in [1.82, 2.24) is 0 Å². The predicted molar refractivity (Wildman–Crippen MR) is 57.2 cm³/mol. The van der Waals surface area contributed by atoms with Gasteiger partial charge in [-0.05, 0) is 38.0 Å². The first-order valence-electron chi connectivity index (χ1n) is 4.65. The van der Waals surface area contributed by atoms with Gasteiger partial charge in [-0.1, -0.05) is 12.5 Å². The molecule has 70 valence electrons. The van der Waals surface area contributed by atoms with Gasteiger partial charge in [-0.25, -0.2) is 0 Å². The molecule has 0 saturated carbocycles. The van der Waals surface area contributed by atoms with Gasteiger partial charge < -0.3 is 5.73 Å². The fourth-order valence-corrected chi connectivity index (χ4v) is 2.37. The van der Waals surface area contributed by atoms with Gasteiger partial charge in [0.15, 0.2) is 0 Å². The van der Waals surface area contributed by atoms with Gasteiger partial charge in [0.05, 0.1) is 0 Å². The van der Waals surface area contributed by atoms with E-state index in [9.17, 15) is 0 Å². The third kappa shape index (κ3) is 4.17. The van der Waals surface area contributed by atoms with Crippen molar-refractivity contribution < 1.29 is 0 Å². The molecule has 1 nitrogen and oxygen atoms in total. The fourth-order valence-electron chi connectivity index (χ4n) is 1.40. The molecule has 0 saturated heterocycles. The summed E-state index contributed by atoms with van der Waals surface area (Å²) in [5, 5.41) is 2.22. The zero-order valence-electron chi connectivity index (χ0n) is 8.05. The van der Waals surface area contributed by atoms with Crippen LogP contribution < -0.4 is 5.73 Å². The topological polar surface area (TPSA) is 26.0 Å². The Labute approximate surface area is 79.8 Å². The first-order valence-corrected chi connectivity index (χ1v) is 5.70. The zero-order chi connectivity index (χ0) is 9.03. The van der Waals surface area contributed by atoms with Crippen LogP contribution in [0, 0.1) is 5.92 Å². The van der Waals surface area contributed by atoms with Gasteiger partial charge >= 0.3 is 0 Å². The second-order valence-corrected chi connectivity index (χ2v) is 5.24. The Bertz CT molecular complexity index is 158. The lowest BCUT2D eigenvalue weighted by atomic mass is 9.95. The summed E-state index contributed by atoms with van der Waals surface area (Å²) in [6, 6.07) is 0. The maximum atomic E-state index is 5.90. The van der Waals surface area contributed by atoms with Gasteiger partial charge in [-0.15, -0.1) is 11.8 Å². The quantitative estimate of drug-likeness (QED) is 0.729. The molecule has 0 aliphatic carbocycles. The van der Waals surface area contributed by atoms with Gasteiger partial charge in [0.1, 0.15) is 0 Å². The van der Waals surface area contributed by atoms with Crippen LogP contribution in [0.25, 0.3) is 0 Å². The van der Waals surface area contributed by atoms with Gasteiger partial charge in [0, 0.05) is 11.3 Å². The molecule has 1 unspecified atom stereocenters. The fraction of sp³-hybridized carbons (Fsp3) is 0.800. The van der Waals surface area contributed by atoms with Crippen LogP contribution in [-0.2, 0) is 0 Å². The van der Waals surface area contributed by atoms with Crippen LogP contribution in [0.3, 0.4) is 0 Å². The second-order valence-electron chi connectivity index (χ2n) is 4.30. The number of hydrogen-bond donors (Lipinski definition) is 1. The summed E-state index contributed by atoms with van der Waals surface area (Å²) in [7, 11) is 0. The standard InChI is InChI=1S/C10H19NS/c1-10(2,11)6-3-4-9-5-7-12-8-9/h5,7,9H,3-4,6,8,11H2,1-2H3. The largest absolute Gasteiger partial charge is 0.326 e. The highest BCUT2D eigenvalue weighted by Gasteiger charge is 2.13. The van der Waals surface area contributed by atoms with E-state index in [4.69, 9.17) is 5.73 Å². The third-order valence-corrected chi connectivity index (χ3v) is 3.12. The van der Waals surface area contributed by atoms with E-state index in [1.807, 2.05) is 11.8 Å². The van der Waals surface area contributed by atoms with Crippen molar-refractivity contribution >= 4 is 11.8 Å². The van der Waals surface area contributed by atoms with Gasteiger partial charge in [0.25, 0.3) is 0 Å². The van der Waals surface area contributed by atoms with E-state index in [1.54, 1.807) is 0 Å². The number of thioether (sulfide) groups is 1. The lowest BCUT2D eigenvalue weighted by Gasteiger charge is -2.18. The minimum atomic E-state index is 0.0233. The van der Waals surface area contributed by atoms with E-state index in [0.717, 1.165) is 12.3 Å². The van der Waals surface area contributed by atoms with Gasteiger partial charge in [0.2, 0.25) is 0 Å². The average molecular weight is 185 g/mol. The Morgan fingerprint density at radius 1 is 1.58 bits per heavy atom. The van der Waals surface area contributed by atoms with E-state index in [1.165, 1.54) is 18.6 Å². The lowest BCUT2D eigenvalue weighted by molar-refractivity contribution is 0.435. The molecule has 0 aromatic heterocycles. The number of allylic oxidation sites excluding steroid dienone is 1. The van der Waals surface area contributed by atoms with E-state index in [-0.39, 0.29) is 5.54 Å². The first kappa shape index (κ1) is 10.1. The summed E-state index contributed by atoms with van der Waals surface area (Å²) in [4.78, 5) is 0. The maximum Gasteiger partial charge on any atom is 0.00970 e. The molecule has 0 amide bonds. The molecule has 2 heteroatoms. The molecule has 0 fully saturated rings. The molecule has 0 bridgehead atoms. The highest BCUT2D eigenvalue weighted by molar-refractivity contribution is 8.02. The van der Waals surface area contributed by atoms with E-state index < -0.39 is 0 Å². The molecule has 0 aromatic carbocycles. The molecule has 1 aliphatic heterocycles. The molecule has 0 radical (unpaired) electrons. The minimum Gasteiger partial charge on any atom is -0.326 e. The molecular weight excluding hydrogens is 166 g/mol. The van der Waals surface area contributed by atoms with Crippen molar-refractivity contribution in [3.63, 3.8) is 0 Å². The Morgan fingerprint density at radius 2 is 2.33 bits per heavy atom. The van der Waals surface area contributed by atoms with Crippen LogP contribution in [0.4, 0.5) is 0 Å². The minimum absolute atomic E-state index is 0.0233. The van der Waals surface area contributed by atoms with E-state index in [2.05, 4.69) is 25.3 Å². The number of rotatable bonds is 4. The molecular formula is C10H19NS. The van der Waals surface area contributed by atoms with E-state index >= 15 is 0 Å². The normalized spacial score (nSPS) is 23.4. The summed E-state index contributed by atoms with van der Waals surface area (Å²) in [6.07, 6.45) is 6.04. The number of hydrogen-bond acceptors (Lipinski definition) is 2. The lowest BCUT2D eigenvalue weighted by Crippen LogP contribution is -2.31. The summed E-state index contributed by atoms with van der Waals surface area (Å²) in [5.74, 6) is 2.10. The van der Waals surface area contributed by atoms with Crippen LogP contribution in [0.5, 0.6) is 0 Å². The van der Waals surface area contributed by atoms with Gasteiger partial charge in [-0.2, -0.15) is 0 Å². The van der Waals surface area contributed by atoms with Crippen molar-refractivity contribution in [3.05, 3.63) is 11.5 Å².